The van der Waals surface area contributed by atoms with E-state index in [4.69, 9.17) is 10.2 Å². The molecule has 1 heterocycles. The van der Waals surface area contributed by atoms with Gasteiger partial charge in [-0.15, -0.1) is 0 Å². The number of hydrogen-bond acceptors (Lipinski definition) is 3. The van der Waals surface area contributed by atoms with Crippen molar-refractivity contribution in [1.29, 1.82) is 0 Å². The van der Waals surface area contributed by atoms with Crippen LogP contribution in [0, 0.1) is 0 Å². The van der Waals surface area contributed by atoms with Crippen LogP contribution in [0.5, 0.6) is 0 Å². The highest BCUT2D eigenvalue weighted by atomic mass is 16.3. The van der Waals surface area contributed by atoms with E-state index in [0.29, 0.717) is 11.3 Å². The van der Waals surface area contributed by atoms with Crippen molar-refractivity contribution in [3.63, 3.8) is 0 Å². The SMILES string of the molecule is OCc1cccnc1CO. The van der Waals surface area contributed by atoms with E-state index in [9.17, 15) is 0 Å². The number of aliphatic hydroxyl groups excluding tert-OH is 2. The standard InChI is InChI=1S/C7H9NO2/c9-4-6-2-1-3-8-7(6)5-10/h1-3,9-10H,4-5H2. The van der Waals surface area contributed by atoms with Gasteiger partial charge in [0, 0.05) is 11.8 Å². The Hall–Kier alpha value is -0.930. The maximum atomic E-state index is 8.70. The molecule has 1 aromatic heterocycles. The van der Waals surface area contributed by atoms with Crippen LogP contribution in [-0.2, 0) is 13.2 Å². The van der Waals surface area contributed by atoms with Crippen molar-refractivity contribution in [1.82, 2.24) is 4.98 Å². The zero-order chi connectivity index (χ0) is 7.40. The molecule has 0 aliphatic rings. The van der Waals surface area contributed by atoms with Gasteiger partial charge in [-0.2, -0.15) is 0 Å². The van der Waals surface area contributed by atoms with Gasteiger partial charge in [-0.05, 0) is 6.07 Å². The van der Waals surface area contributed by atoms with Crippen molar-refractivity contribution < 1.29 is 10.2 Å². The predicted octanol–water partition coefficient (Wildman–Crippen LogP) is 0.0662. The summed E-state index contributed by atoms with van der Waals surface area (Å²) in [6.07, 6.45) is 1.59. The summed E-state index contributed by atoms with van der Waals surface area (Å²) in [5.74, 6) is 0. The molecule has 3 heteroatoms. The van der Waals surface area contributed by atoms with Gasteiger partial charge in [0.05, 0.1) is 18.9 Å². The third-order valence-corrected chi connectivity index (χ3v) is 1.30. The molecule has 0 aromatic carbocycles. The van der Waals surface area contributed by atoms with Crippen LogP contribution in [0.1, 0.15) is 11.3 Å². The fraction of sp³-hybridized carbons (Fsp3) is 0.286. The monoisotopic (exact) mass is 139 g/mol. The molecule has 0 aliphatic heterocycles. The van der Waals surface area contributed by atoms with Gasteiger partial charge >= 0.3 is 0 Å². The van der Waals surface area contributed by atoms with E-state index in [2.05, 4.69) is 4.98 Å². The van der Waals surface area contributed by atoms with Gasteiger partial charge in [0.2, 0.25) is 0 Å². The lowest BCUT2D eigenvalue weighted by Gasteiger charge is -1.99. The summed E-state index contributed by atoms with van der Waals surface area (Å²) in [7, 11) is 0. The fourth-order valence-corrected chi connectivity index (χ4v) is 0.758. The minimum atomic E-state index is -0.114. The first kappa shape index (κ1) is 7.18. The van der Waals surface area contributed by atoms with Crippen molar-refractivity contribution in [2.24, 2.45) is 0 Å². The molecule has 0 amide bonds. The second-order valence-corrected chi connectivity index (χ2v) is 1.93. The Labute approximate surface area is 59.0 Å². The lowest BCUT2D eigenvalue weighted by atomic mass is 10.2. The quantitative estimate of drug-likeness (QED) is 0.609. The minimum Gasteiger partial charge on any atom is -0.392 e. The van der Waals surface area contributed by atoms with Crippen LogP contribution in [0.4, 0.5) is 0 Å². The molecule has 3 nitrogen and oxygen atoms in total. The molecule has 0 atom stereocenters. The van der Waals surface area contributed by atoms with E-state index in [-0.39, 0.29) is 13.2 Å². The van der Waals surface area contributed by atoms with Crippen LogP contribution in [0.25, 0.3) is 0 Å². The van der Waals surface area contributed by atoms with Gasteiger partial charge in [0.15, 0.2) is 0 Å². The lowest BCUT2D eigenvalue weighted by Crippen LogP contribution is -1.95. The van der Waals surface area contributed by atoms with E-state index in [1.807, 2.05) is 0 Å². The van der Waals surface area contributed by atoms with Crippen molar-refractivity contribution in [2.75, 3.05) is 0 Å². The van der Waals surface area contributed by atoms with Crippen molar-refractivity contribution in [3.8, 4) is 0 Å². The molecule has 54 valence electrons. The highest BCUT2D eigenvalue weighted by Crippen LogP contribution is 2.03. The molecular weight excluding hydrogens is 130 g/mol. The molecule has 10 heavy (non-hydrogen) atoms. The Morgan fingerprint density at radius 2 is 2.10 bits per heavy atom. The number of rotatable bonds is 2. The Balaban J connectivity index is 2.96. The van der Waals surface area contributed by atoms with Crippen molar-refractivity contribution >= 4 is 0 Å². The van der Waals surface area contributed by atoms with Gasteiger partial charge in [-0.3, -0.25) is 4.98 Å². The van der Waals surface area contributed by atoms with E-state index in [0.717, 1.165) is 0 Å². The highest BCUT2D eigenvalue weighted by Gasteiger charge is 1.97. The molecule has 0 bridgehead atoms. The average Bonchev–Trinajstić information content (AvgIpc) is 2.04. The summed E-state index contributed by atoms with van der Waals surface area (Å²) >= 11 is 0. The van der Waals surface area contributed by atoms with Crippen LogP contribution in [0.3, 0.4) is 0 Å². The molecule has 0 saturated heterocycles. The van der Waals surface area contributed by atoms with Gasteiger partial charge in [-0.1, -0.05) is 6.07 Å². The van der Waals surface area contributed by atoms with Gasteiger partial charge in [-0.25, -0.2) is 0 Å². The number of aliphatic hydroxyl groups is 2. The third kappa shape index (κ3) is 1.32. The molecule has 1 aromatic rings. The fourth-order valence-electron chi connectivity index (χ4n) is 0.758. The molecule has 0 spiro atoms. The molecule has 0 fully saturated rings. The molecule has 0 unspecified atom stereocenters. The average molecular weight is 139 g/mol. The first-order valence-electron chi connectivity index (χ1n) is 3.03. The van der Waals surface area contributed by atoms with Crippen molar-refractivity contribution in [3.05, 3.63) is 29.6 Å². The third-order valence-electron chi connectivity index (χ3n) is 1.30. The molecule has 0 aliphatic carbocycles. The normalized spacial score (nSPS) is 9.80. The Morgan fingerprint density at radius 3 is 2.60 bits per heavy atom. The molecule has 0 saturated carbocycles. The lowest BCUT2D eigenvalue weighted by molar-refractivity contribution is 0.256. The first-order chi connectivity index (χ1) is 4.88. The van der Waals surface area contributed by atoms with Gasteiger partial charge < -0.3 is 10.2 Å². The van der Waals surface area contributed by atoms with E-state index in [1.54, 1.807) is 18.3 Å². The summed E-state index contributed by atoms with van der Waals surface area (Å²) in [5, 5.41) is 17.4. The topological polar surface area (TPSA) is 53.4 Å². The summed E-state index contributed by atoms with van der Waals surface area (Å²) in [6.45, 7) is -0.180. The number of pyridine rings is 1. The zero-order valence-electron chi connectivity index (χ0n) is 5.49. The van der Waals surface area contributed by atoms with Crippen molar-refractivity contribution in [2.45, 2.75) is 13.2 Å². The highest BCUT2D eigenvalue weighted by molar-refractivity contribution is 5.17. The second-order valence-electron chi connectivity index (χ2n) is 1.93. The Kier molecular flexibility index (Phi) is 2.36. The predicted molar refractivity (Wildman–Crippen MR) is 36.1 cm³/mol. The molecule has 1 rings (SSSR count). The smallest absolute Gasteiger partial charge is 0.0856 e. The van der Waals surface area contributed by atoms with Crippen LogP contribution >= 0.6 is 0 Å². The first-order valence-corrected chi connectivity index (χ1v) is 3.03. The van der Waals surface area contributed by atoms with E-state index in [1.165, 1.54) is 0 Å². The number of hydrogen-bond donors (Lipinski definition) is 2. The zero-order valence-corrected chi connectivity index (χ0v) is 5.49. The van der Waals surface area contributed by atoms with Crippen LogP contribution in [-0.4, -0.2) is 15.2 Å². The summed E-state index contributed by atoms with van der Waals surface area (Å²) in [6, 6.07) is 3.46. The minimum absolute atomic E-state index is 0.0657. The molecule has 2 N–H and O–H groups in total. The largest absolute Gasteiger partial charge is 0.392 e. The molecular formula is C7H9NO2. The summed E-state index contributed by atoms with van der Waals surface area (Å²) < 4.78 is 0. The van der Waals surface area contributed by atoms with E-state index >= 15 is 0 Å². The van der Waals surface area contributed by atoms with Crippen LogP contribution in [0.2, 0.25) is 0 Å². The second kappa shape index (κ2) is 3.29. The summed E-state index contributed by atoms with van der Waals surface area (Å²) in [4.78, 5) is 3.86. The van der Waals surface area contributed by atoms with Crippen LogP contribution < -0.4 is 0 Å². The number of nitrogens with zero attached hydrogens (tertiary/aromatic N) is 1. The number of aromatic nitrogens is 1. The molecule has 0 radical (unpaired) electrons. The maximum Gasteiger partial charge on any atom is 0.0856 e. The maximum absolute atomic E-state index is 8.70. The Bertz CT molecular complexity index is 190. The van der Waals surface area contributed by atoms with E-state index < -0.39 is 0 Å². The van der Waals surface area contributed by atoms with Gasteiger partial charge in [0.25, 0.3) is 0 Å². The van der Waals surface area contributed by atoms with Crippen LogP contribution in [0.15, 0.2) is 18.3 Å². The van der Waals surface area contributed by atoms with Gasteiger partial charge in [0.1, 0.15) is 0 Å². The Morgan fingerprint density at radius 1 is 1.30 bits per heavy atom. The summed E-state index contributed by atoms with van der Waals surface area (Å²) in [5.41, 5.74) is 1.23.